The third kappa shape index (κ3) is 3.59. The molecule has 0 N–H and O–H groups in total. The van der Waals surface area contributed by atoms with Crippen LogP contribution in [0.5, 0.6) is 0 Å². The third-order valence-corrected chi connectivity index (χ3v) is 3.11. The van der Waals surface area contributed by atoms with Crippen molar-refractivity contribution in [1.82, 2.24) is 0 Å². The zero-order valence-corrected chi connectivity index (χ0v) is 11.0. The van der Waals surface area contributed by atoms with Gasteiger partial charge in [-0.05, 0) is 29.5 Å². The highest BCUT2D eigenvalue weighted by atomic mass is 14.0. The lowest BCUT2D eigenvalue weighted by Gasteiger charge is -2.04. The maximum atomic E-state index is 2.24. The molecule has 0 amide bonds. The van der Waals surface area contributed by atoms with E-state index in [0.717, 1.165) is 0 Å². The van der Waals surface area contributed by atoms with Gasteiger partial charge in [0.15, 0.2) is 0 Å². The molecule has 0 aliphatic carbocycles. The minimum Gasteiger partial charge on any atom is -0.0654 e. The first-order chi connectivity index (χ1) is 8.90. The van der Waals surface area contributed by atoms with Gasteiger partial charge in [-0.1, -0.05) is 80.1 Å². The molecule has 0 nitrogen and oxygen atoms in total. The number of unbranched alkanes of at least 4 members (excludes halogenated alkanes) is 1. The molecule has 0 aromatic heterocycles. The first kappa shape index (κ1) is 12.6. The van der Waals surface area contributed by atoms with E-state index in [-0.39, 0.29) is 0 Å². The quantitative estimate of drug-likeness (QED) is 0.626. The molecule has 0 aliphatic rings. The van der Waals surface area contributed by atoms with E-state index in [1.807, 2.05) is 6.07 Å². The minimum atomic E-state index is 1.17. The highest BCUT2D eigenvalue weighted by Crippen LogP contribution is 2.15. The maximum absolute atomic E-state index is 2.24. The Morgan fingerprint density at radius 2 is 1.56 bits per heavy atom. The van der Waals surface area contributed by atoms with E-state index in [9.17, 15) is 0 Å². The van der Waals surface area contributed by atoms with Crippen LogP contribution in [-0.2, 0) is 6.42 Å². The molecular weight excluding hydrogens is 216 g/mol. The van der Waals surface area contributed by atoms with Gasteiger partial charge in [0.25, 0.3) is 0 Å². The van der Waals surface area contributed by atoms with E-state index in [1.165, 1.54) is 36.0 Å². The molecular formula is C18H20. The zero-order valence-electron chi connectivity index (χ0n) is 11.0. The smallest absolute Gasteiger partial charge is 0.0224 e. The molecule has 0 saturated carbocycles. The van der Waals surface area contributed by atoms with Crippen LogP contribution in [0.15, 0.2) is 54.6 Å². The molecule has 0 bridgehead atoms. The number of hydrogen-bond donors (Lipinski definition) is 0. The molecule has 0 unspecified atom stereocenters. The van der Waals surface area contributed by atoms with Crippen LogP contribution in [0.25, 0.3) is 12.2 Å². The van der Waals surface area contributed by atoms with E-state index >= 15 is 0 Å². The predicted molar refractivity (Wildman–Crippen MR) is 80.4 cm³/mol. The normalized spacial score (nSPS) is 10.9. The summed E-state index contributed by atoms with van der Waals surface area (Å²) in [5.41, 5.74) is 4.05. The number of rotatable bonds is 5. The van der Waals surface area contributed by atoms with Gasteiger partial charge >= 0.3 is 0 Å². The number of benzene rings is 2. The van der Waals surface area contributed by atoms with Gasteiger partial charge in [0.1, 0.15) is 0 Å². The summed E-state index contributed by atoms with van der Waals surface area (Å²) in [6.45, 7) is 2.24. The lowest BCUT2D eigenvalue weighted by Crippen LogP contribution is -1.88. The van der Waals surface area contributed by atoms with E-state index in [0.29, 0.717) is 0 Å². The average Bonchev–Trinajstić information content (AvgIpc) is 2.45. The molecule has 2 rings (SSSR count). The molecule has 0 heterocycles. The molecule has 0 fully saturated rings. The molecule has 2 aromatic rings. The zero-order chi connectivity index (χ0) is 12.6. The predicted octanol–water partition coefficient (Wildman–Crippen LogP) is 5.20. The largest absolute Gasteiger partial charge is 0.0654 e. The van der Waals surface area contributed by atoms with E-state index in [4.69, 9.17) is 0 Å². The van der Waals surface area contributed by atoms with Gasteiger partial charge in [0.05, 0.1) is 0 Å². The van der Waals surface area contributed by atoms with Gasteiger partial charge in [-0.25, -0.2) is 0 Å². The Hall–Kier alpha value is -1.82. The standard InChI is InChI=1S/C18H20/c1-2-3-11-17-12-7-8-13-18(17)15-14-16-9-5-4-6-10-16/h4-10,12-15H,2-3,11H2,1H3. The lowest BCUT2D eigenvalue weighted by atomic mass is 10.0. The van der Waals surface area contributed by atoms with Crippen molar-refractivity contribution < 1.29 is 0 Å². The summed E-state index contributed by atoms with van der Waals surface area (Å²) in [5.74, 6) is 0. The lowest BCUT2D eigenvalue weighted by molar-refractivity contribution is 0.794. The van der Waals surface area contributed by atoms with Crippen LogP contribution in [0.3, 0.4) is 0 Å². The molecule has 0 heteroatoms. The maximum Gasteiger partial charge on any atom is -0.0224 e. The van der Waals surface area contributed by atoms with Crippen molar-refractivity contribution >= 4 is 12.2 Å². The molecule has 0 spiro atoms. The summed E-state index contributed by atoms with van der Waals surface area (Å²) in [6, 6.07) is 19.1. The van der Waals surface area contributed by atoms with Crippen molar-refractivity contribution in [3.63, 3.8) is 0 Å². The highest BCUT2D eigenvalue weighted by Gasteiger charge is 1.97. The molecule has 0 atom stereocenters. The highest BCUT2D eigenvalue weighted by molar-refractivity contribution is 5.71. The van der Waals surface area contributed by atoms with Gasteiger partial charge in [0.2, 0.25) is 0 Å². The van der Waals surface area contributed by atoms with Gasteiger partial charge in [-0.15, -0.1) is 0 Å². The van der Waals surface area contributed by atoms with E-state index in [2.05, 4.69) is 67.6 Å². The second-order valence-corrected chi connectivity index (χ2v) is 4.55. The minimum absolute atomic E-state index is 1.17. The van der Waals surface area contributed by atoms with Crippen LogP contribution in [0.1, 0.15) is 36.5 Å². The molecule has 92 valence electrons. The summed E-state index contributed by atoms with van der Waals surface area (Å²) in [4.78, 5) is 0. The van der Waals surface area contributed by atoms with E-state index in [1.54, 1.807) is 0 Å². The van der Waals surface area contributed by atoms with Crippen LogP contribution in [0.4, 0.5) is 0 Å². The Bertz CT molecular complexity index is 494. The first-order valence-electron chi connectivity index (χ1n) is 6.71. The second kappa shape index (κ2) is 6.80. The Kier molecular flexibility index (Phi) is 4.78. The first-order valence-corrected chi connectivity index (χ1v) is 6.71. The Labute approximate surface area is 110 Å². The SMILES string of the molecule is CCCCc1ccccc1C=Cc1ccccc1. The van der Waals surface area contributed by atoms with Crippen LogP contribution in [-0.4, -0.2) is 0 Å². The van der Waals surface area contributed by atoms with Crippen molar-refractivity contribution in [2.45, 2.75) is 26.2 Å². The van der Waals surface area contributed by atoms with Crippen LogP contribution >= 0.6 is 0 Å². The summed E-state index contributed by atoms with van der Waals surface area (Å²) < 4.78 is 0. The fourth-order valence-electron chi connectivity index (χ4n) is 2.04. The van der Waals surface area contributed by atoms with Crippen LogP contribution in [0, 0.1) is 0 Å². The Balaban J connectivity index is 2.15. The van der Waals surface area contributed by atoms with Gasteiger partial charge in [0, 0.05) is 0 Å². The fourth-order valence-corrected chi connectivity index (χ4v) is 2.04. The van der Waals surface area contributed by atoms with Crippen molar-refractivity contribution in [3.05, 3.63) is 71.3 Å². The summed E-state index contributed by atoms with van der Waals surface area (Å²) in [6.07, 6.45) is 8.09. The van der Waals surface area contributed by atoms with Gasteiger partial charge < -0.3 is 0 Å². The van der Waals surface area contributed by atoms with Crippen LogP contribution in [0.2, 0.25) is 0 Å². The van der Waals surface area contributed by atoms with Gasteiger partial charge in [-0.3, -0.25) is 0 Å². The number of aryl methyl sites for hydroxylation is 1. The van der Waals surface area contributed by atoms with E-state index < -0.39 is 0 Å². The monoisotopic (exact) mass is 236 g/mol. The Morgan fingerprint density at radius 1 is 0.833 bits per heavy atom. The van der Waals surface area contributed by atoms with Crippen molar-refractivity contribution in [3.8, 4) is 0 Å². The summed E-state index contributed by atoms with van der Waals surface area (Å²) in [5, 5.41) is 0. The average molecular weight is 236 g/mol. The van der Waals surface area contributed by atoms with Crippen LogP contribution < -0.4 is 0 Å². The third-order valence-electron chi connectivity index (χ3n) is 3.11. The van der Waals surface area contributed by atoms with Crippen molar-refractivity contribution in [1.29, 1.82) is 0 Å². The second-order valence-electron chi connectivity index (χ2n) is 4.55. The van der Waals surface area contributed by atoms with Gasteiger partial charge in [-0.2, -0.15) is 0 Å². The molecule has 18 heavy (non-hydrogen) atoms. The summed E-state index contributed by atoms with van der Waals surface area (Å²) >= 11 is 0. The summed E-state index contributed by atoms with van der Waals surface area (Å²) in [7, 11) is 0. The molecule has 0 radical (unpaired) electrons. The topological polar surface area (TPSA) is 0 Å². The van der Waals surface area contributed by atoms with Crippen molar-refractivity contribution in [2.24, 2.45) is 0 Å². The molecule has 0 saturated heterocycles. The number of hydrogen-bond acceptors (Lipinski definition) is 0. The Morgan fingerprint density at radius 3 is 2.33 bits per heavy atom. The molecule has 0 aliphatic heterocycles. The van der Waals surface area contributed by atoms with Crippen molar-refractivity contribution in [2.75, 3.05) is 0 Å². The fraction of sp³-hybridized carbons (Fsp3) is 0.222. The molecule has 2 aromatic carbocycles.